The fraction of sp³-hybridized carbons (Fsp3) is 0.323. The average Bonchev–Trinajstić information content (AvgIpc) is 3.73. The normalized spacial score (nSPS) is 13.6. The molecule has 1 fully saturated rings. The van der Waals surface area contributed by atoms with Crippen LogP contribution in [0.4, 0.5) is 40.3 Å². The maximum atomic E-state index is 13.1. The molecule has 50 heavy (non-hydrogen) atoms. The highest BCUT2D eigenvalue weighted by Crippen LogP contribution is 2.48. The predicted octanol–water partition coefficient (Wildman–Crippen LogP) is 5.42. The number of carbonyl (C=O) groups is 3. The van der Waals surface area contributed by atoms with Crippen molar-refractivity contribution in [2.24, 2.45) is 5.41 Å². The van der Waals surface area contributed by atoms with Gasteiger partial charge in [-0.1, -0.05) is 48.9 Å². The molecule has 5 rings (SSSR count). The SMILES string of the molecule is CC(C)(CNC(=O)C(=O)Nc1ncc(F)s1)CNC(=O)c1ccc(Nc2nc(NC3(c4ccc(Cl)cc4)CC3)nc(OCC(F)(F)F)n2)cc1. The molecule has 1 aliphatic rings. The lowest BCUT2D eigenvalue weighted by atomic mass is 9.93. The highest BCUT2D eigenvalue weighted by Gasteiger charge is 2.45. The Bertz CT molecular complexity index is 1850. The van der Waals surface area contributed by atoms with Crippen LogP contribution in [0.3, 0.4) is 0 Å². The molecule has 2 heterocycles. The summed E-state index contributed by atoms with van der Waals surface area (Å²) < 4.78 is 56.6. The van der Waals surface area contributed by atoms with E-state index in [2.05, 4.69) is 46.5 Å². The number of ether oxygens (including phenoxy) is 1. The van der Waals surface area contributed by atoms with Crippen LogP contribution < -0.4 is 31.3 Å². The zero-order valence-electron chi connectivity index (χ0n) is 26.5. The number of alkyl halides is 3. The fourth-order valence-electron chi connectivity index (χ4n) is 4.46. The Kier molecular flexibility index (Phi) is 10.7. The molecule has 2 aromatic heterocycles. The molecule has 19 heteroatoms. The Morgan fingerprint density at radius 2 is 1.58 bits per heavy atom. The number of aromatic nitrogens is 4. The second-order valence-corrected chi connectivity index (χ2v) is 13.5. The number of nitrogens with one attached hydrogen (secondary N) is 5. The maximum Gasteiger partial charge on any atom is 0.422 e. The number of rotatable bonds is 13. The predicted molar refractivity (Wildman–Crippen MR) is 177 cm³/mol. The summed E-state index contributed by atoms with van der Waals surface area (Å²) in [5.41, 5.74) is 0.421. The van der Waals surface area contributed by atoms with Gasteiger partial charge in [0.2, 0.25) is 11.9 Å². The summed E-state index contributed by atoms with van der Waals surface area (Å²) in [5.74, 6) is -2.48. The van der Waals surface area contributed by atoms with E-state index in [1.54, 1.807) is 38.1 Å². The van der Waals surface area contributed by atoms with Crippen LogP contribution in [0.1, 0.15) is 42.6 Å². The van der Waals surface area contributed by atoms with E-state index in [4.69, 9.17) is 16.3 Å². The van der Waals surface area contributed by atoms with E-state index in [0.717, 1.165) is 24.6 Å². The molecular formula is C31H30ClF4N9O4S. The molecule has 4 aromatic rings. The molecule has 5 N–H and O–H groups in total. The van der Waals surface area contributed by atoms with Gasteiger partial charge in [0.25, 0.3) is 5.91 Å². The Hall–Kier alpha value is -5.10. The topological polar surface area (TPSA) is 172 Å². The van der Waals surface area contributed by atoms with E-state index in [1.165, 1.54) is 12.1 Å². The second-order valence-electron chi connectivity index (χ2n) is 12.0. The van der Waals surface area contributed by atoms with Gasteiger partial charge in [-0.2, -0.15) is 32.5 Å². The zero-order valence-corrected chi connectivity index (χ0v) is 28.0. The van der Waals surface area contributed by atoms with Crippen molar-refractivity contribution < 1.29 is 36.7 Å². The van der Waals surface area contributed by atoms with Crippen molar-refractivity contribution in [1.29, 1.82) is 0 Å². The van der Waals surface area contributed by atoms with Crippen LogP contribution in [0.15, 0.2) is 54.7 Å². The standard InChI is InChI=1S/C31H30ClF4N9O4S/c1-29(2,15-39-23(47)24(48)41-28-37-13-21(33)50-28)14-38-22(46)17-3-9-20(10-4-17)40-25-42-26(44-27(43-25)49-16-31(34,35)36)45-30(11-12-30)18-5-7-19(32)8-6-18/h3-10,13H,11-12,14-16H2,1-2H3,(H,38,46)(H,39,47)(H,37,41,48)(H2,40,42,43,44,45). The number of carbonyl (C=O) groups excluding carboxylic acids is 3. The molecule has 0 unspecified atom stereocenters. The molecular weight excluding hydrogens is 706 g/mol. The van der Waals surface area contributed by atoms with Gasteiger partial charge in [0, 0.05) is 29.4 Å². The van der Waals surface area contributed by atoms with Crippen LogP contribution in [0.2, 0.25) is 5.02 Å². The average molecular weight is 736 g/mol. The van der Waals surface area contributed by atoms with Gasteiger partial charge in [-0.05, 0) is 60.2 Å². The molecule has 0 saturated heterocycles. The smallest absolute Gasteiger partial charge is 0.422 e. The lowest BCUT2D eigenvalue weighted by Crippen LogP contribution is -2.44. The minimum Gasteiger partial charge on any atom is -0.454 e. The van der Waals surface area contributed by atoms with E-state index in [-0.39, 0.29) is 35.7 Å². The Labute approximate surface area is 291 Å². The first-order valence-corrected chi connectivity index (χ1v) is 16.1. The summed E-state index contributed by atoms with van der Waals surface area (Å²) >= 11 is 6.60. The van der Waals surface area contributed by atoms with Gasteiger partial charge in [-0.15, -0.1) is 0 Å². The van der Waals surface area contributed by atoms with Crippen LogP contribution in [-0.2, 0) is 15.1 Å². The Morgan fingerprint density at radius 1 is 0.920 bits per heavy atom. The number of amides is 3. The summed E-state index contributed by atoms with van der Waals surface area (Å²) in [6, 6.07) is 12.8. The number of hydrogen-bond donors (Lipinski definition) is 5. The van der Waals surface area contributed by atoms with Gasteiger partial charge >= 0.3 is 24.0 Å². The van der Waals surface area contributed by atoms with E-state index < -0.39 is 52.6 Å². The summed E-state index contributed by atoms with van der Waals surface area (Å²) in [6.45, 7) is 2.09. The van der Waals surface area contributed by atoms with Crippen LogP contribution in [0, 0.1) is 10.5 Å². The van der Waals surface area contributed by atoms with Crippen molar-refractivity contribution in [2.75, 3.05) is 35.6 Å². The molecule has 0 aliphatic heterocycles. The number of benzene rings is 2. The van der Waals surface area contributed by atoms with Gasteiger partial charge in [-0.3, -0.25) is 19.7 Å². The van der Waals surface area contributed by atoms with Crippen molar-refractivity contribution in [2.45, 2.75) is 38.4 Å². The fourth-order valence-corrected chi connectivity index (χ4v) is 5.12. The molecule has 0 spiro atoms. The first-order chi connectivity index (χ1) is 23.6. The molecule has 1 aliphatic carbocycles. The minimum absolute atomic E-state index is 0.00235. The molecule has 13 nitrogen and oxygen atoms in total. The van der Waals surface area contributed by atoms with Crippen molar-refractivity contribution >= 4 is 63.4 Å². The van der Waals surface area contributed by atoms with Gasteiger partial charge in [0.15, 0.2) is 16.9 Å². The number of thiazole rings is 1. The van der Waals surface area contributed by atoms with Crippen molar-refractivity contribution in [3.63, 3.8) is 0 Å². The molecule has 0 atom stereocenters. The van der Waals surface area contributed by atoms with E-state index in [0.29, 0.717) is 22.0 Å². The summed E-state index contributed by atoms with van der Waals surface area (Å²) in [7, 11) is 0. The zero-order chi connectivity index (χ0) is 36.1. The molecule has 0 radical (unpaired) electrons. The molecule has 2 aromatic carbocycles. The number of hydrogen-bond acceptors (Lipinski definition) is 11. The van der Waals surface area contributed by atoms with E-state index in [1.807, 2.05) is 12.1 Å². The number of halogens is 5. The molecule has 0 bridgehead atoms. The summed E-state index contributed by atoms with van der Waals surface area (Å²) in [4.78, 5) is 53.0. The van der Waals surface area contributed by atoms with Gasteiger partial charge in [-0.25, -0.2) is 4.98 Å². The van der Waals surface area contributed by atoms with E-state index >= 15 is 0 Å². The third-order valence-electron chi connectivity index (χ3n) is 7.24. The first kappa shape index (κ1) is 36.2. The van der Waals surface area contributed by atoms with Gasteiger partial charge < -0.3 is 26.0 Å². The van der Waals surface area contributed by atoms with Crippen LogP contribution in [-0.4, -0.2) is 63.5 Å². The third kappa shape index (κ3) is 10.2. The Morgan fingerprint density at radius 3 is 2.20 bits per heavy atom. The van der Waals surface area contributed by atoms with Gasteiger partial charge in [0.05, 0.1) is 11.7 Å². The molecule has 1 saturated carbocycles. The quantitative estimate of drug-likeness (QED) is 0.0883. The third-order valence-corrected chi connectivity index (χ3v) is 8.19. The highest BCUT2D eigenvalue weighted by atomic mass is 35.5. The monoisotopic (exact) mass is 735 g/mol. The lowest BCUT2D eigenvalue weighted by Gasteiger charge is -2.25. The van der Waals surface area contributed by atoms with Crippen molar-refractivity contribution in [3.05, 3.63) is 76.0 Å². The first-order valence-electron chi connectivity index (χ1n) is 14.9. The van der Waals surface area contributed by atoms with Crippen molar-refractivity contribution in [1.82, 2.24) is 30.6 Å². The largest absolute Gasteiger partial charge is 0.454 e. The highest BCUT2D eigenvalue weighted by molar-refractivity contribution is 7.14. The van der Waals surface area contributed by atoms with Crippen molar-refractivity contribution in [3.8, 4) is 6.01 Å². The minimum atomic E-state index is -4.62. The lowest BCUT2D eigenvalue weighted by molar-refractivity contribution is -0.154. The molecule has 264 valence electrons. The summed E-state index contributed by atoms with van der Waals surface area (Å²) in [5, 5.41) is 13.4. The second kappa shape index (κ2) is 14.8. The van der Waals surface area contributed by atoms with Crippen LogP contribution in [0.25, 0.3) is 0 Å². The van der Waals surface area contributed by atoms with Gasteiger partial charge in [0.1, 0.15) is 0 Å². The number of nitrogens with zero attached hydrogens (tertiary/aromatic N) is 4. The van der Waals surface area contributed by atoms with Crippen LogP contribution in [0.5, 0.6) is 6.01 Å². The van der Waals surface area contributed by atoms with Crippen LogP contribution >= 0.6 is 22.9 Å². The summed E-state index contributed by atoms with van der Waals surface area (Å²) in [6.07, 6.45) is -2.24. The molecule has 3 amide bonds. The maximum absolute atomic E-state index is 13.1. The number of anilines is 4. The Balaban J connectivity index is 1.18. The van der Waals surface area contributed by atoms with E-state index in [9.17, 15) is 31.9 Å².